The molecule has 2 aromatic carbocycles. The molecule has 3 aromatic rings. The zero-order valence-corrected chi connectivity index (χ0v) is 16.3. The fraction of sp³-hybridized carbons (Fsp3) is 0.182. The minimum atomic E-state index is -0.502. The number of rotatable bonds is 4. The van der Waals surface area contributed by atoms with E-state index in [-0.39, 0.29) is 5.56 Å². The van der Waals surface area contributed by atoms with Crippen molar-refractivity contribution in [3.05, 3.63) is 75.8 Å². The van der Waals surface area contributed by atoms with Crippen molar-refractivity contribution in [2.24, 2.45) is 0 Å². The summed E-state index contributed by atoms with van der Waals surface area (Å²) in [5.74, 6) is 0.374. The molecule has 0 radical (unpaired) electrons. The monoisotopic (exact) mass is 404 g/mol. The quantitative estimate of drug-likeness (QED) is 0.510. The Labute approximate surface area is 172 Å². The molecular weight excluding hydrogens is 384 g/mol. The maximum atomic E-state index is 12.5. The largest absolute Gasteiger partial charge is 0.496 e. The summed E-state index contributed by atoms with van der Waals surface area (Å²) in [6.45, 7) is 0.674. The van der Waals surface area contributed by atoms with Crippen LogP contribution in [0.15, 0.2) is 53.3 Å². The highest BCUT2D eigenvalue weighted by Gasteiger charge is 2.17. The summed E-state index contributed by atoms with van der Waals surface area (Å²) < 4.78 is 6.90. The van der Waals surface area contributed by atoms with Gasteiger partial charge in [0.05, 0.1) is 18.0 Å². The third kappa shape index (κ3) is 3.80. The number of benzene rings is 2. The Morgan fingerprint density at radius 3 is 2.83 bits per heavy atom. The molecule has 152 valence electrons. The smallest absolute Gasteiger partial charge is 0.269 e. The van der Waals surface area contributed by atoms with Crippen LogP contribution in [-0.4, -0.2) is 28.5 Å². The first-order valence-electron chi connectivity index (χ1n) is 9.52. The molecule has 2 amide bonds. The average molecular weight is 404 g/mol. The normalized spacial score (nSPS) is 12.7. The Morgan fingerprint density at radius 2 is 2.00 bits per heavy atom. The van der Waals surface area contributed by atoms with Crippen LogP contribution in [0.25, 0.3) is 17.0 Å². The van der Waals surface area contributed by atoms with Crippen molar-refractivity contribution in [3.8, 4) is 5.75 Å². The number of methoxy groups -OCH3 is 1. The highest BCUT2D eigenvalue weighted by molar-refractivity contribution is 6.00. The summed E-state index contributed by atoms with van der Waals surface area (Å²) in [4.78, 5) is 41.4. The number of nitrogens with one attached hydrogen (secondary N) is 2. The van der Waals surface area contributed by atoms with Crippen molar-refractivity contribution in [2.75, 3.05) is 7.11 Å². The third-order valence-electron chi connectivity index (χ3n) is 4.93. The van der Waals surface area contributed by atoms with Gasteiger partial charge in [0.2, 0.25) is 0 Å². The molecule has 0 fully saturated rings. The SMILES string of the molecule is COc1ccccc1/C=C/C(=O)NNC(=O)c1ccc2c(=O)n3c(nc2c1)CCC3. The predicted octanol–water partition coefficient (Wildman–Crippen LogP) is 1.83. The molecular formula is C22H20N4O4. The van der Waals surface area contributed by atoms with Gasteiger partial charge in [-0.1, -0.05) is 18.2 Å². The highest BCUT2D eigenvalue weighted by atomic mass is 16.5. The van der Waals surface area contributed by atoms with Crippen LogP contribution in [0.1, 0.15) is 28.2 Å². The molecule has 1 aliphatic heterocycles. The lowest BCUT2D eigenvalue weighted by atomic mass is 10.1. The van der Waals surface area contributed by atoms with Crippen LogP contribution in [0.5, 0.6) is 5.75 Å². The summed E-state index contributed by atoms with van der Waals surface area (Å²) in [5.41, 5.74) is 6.12. The Hall–Kier alpha value is -3.94. The number of hydrogen-bond acceptors (Lipinski definition) is 5. The second kappa shape index (κ2) is 8.20. The summed E-state index contributed by atoms with van der Waals surface area (Å²) in [7, 11) is 1.55. The third-order valence-corrected chi connectivity index (χ3v) is 4.93. The molecule has 8 nitrogen and oxygen atoms in total. The first-order valence-corrected chi connectivity index (χ1v) is 9.52. The number of aromatic nitrogens is 2. The fourth-order valence-corrected chi connectivity index (χ4v) is 3.43. The Bertz CT molecular complexity index is 1230. The predicted molar refractivity (Wildman–Crippen MR) is 112 cm³/mol. The van der Waals surface area contributed by atoms with E-state index in [1.807, 2.05) is 18.2 Å². The van der Waals surface area contributed by atoms with Gasteiger partial charge >= 0.3 is 0 Å². The number of nitrogens with zero attached hydrogens (tertiary/aromatic N) is 2. The van der Waals surface area contributed by atoms with E-state index in [9.17, 15) is 14.4 Å². The number of amides is 2. The van der Waals surface area contributed by atoms with E-state index in [1.165, 1.54) is 6.08 Å². The van der Waals surface area contributed by atoms with Crippen molar-refractivity contribution in [3.63, 3.8) is 0 Å². The van der Waals surface area contributed by atoms with Crippen LogP contribution in [0, 0.1) is 0 Å². The van der Waals surface area contributed by atoms with Crippen molar-refractivity contribution in [2.45, 2.75) is 19.4 Å². The molecule has 1 aromatic heterocycles. The Balaban J connectivity index is 1.44. The Morgan fingerprint density at radius 1 is 1.17 bits per heavy atom. The van der Waals surface area contributed by atoms with E-state index in [2.05, 4.69) is 15.8 Å². The minimum absolute atomic E-state index is 0.0887. The van der Waals surface area contributed by atoms with E-state index in [0.717, 1.165) is 24.2 Å². The molecule has 2 N–H and O–H groups in total. The van der Waals surface area contributed by atoms with Gasteiger partial charge in [-0.3, -0.25) is 29.8 Å². The molecule has 30 heavy (non-hydrogen) atoms. The molecule has 0 aliphatic carbocycles. The van der Waals surface area contributed by atoms with Crippen LogP contribution in [0.3, 0.4) is 0 Å². The molecule has 0 saturated heterocycles. The average Bonchev–Trinajstić information content (AvgIpc) is 3.24. The maximum absolute atomic E-state index is 12.5. The Kier molecular flexibility index (Phi) is 5.30. The van der Waals surface area contributed by atoms with Gasteiger partial charge in [-0.25, -0.2) is 4.98 Å². The van der Waals surface area contributed by atoms with Crippen LogP contribution < -0.4 is 21.1 Å². The van der Waals surface area contributed by atoms with Gasteiger partial charge in [-0.2, -0.15) is 0 Å². The van der Waals surface area contributed by atoms with E-state index in [0.29, 0.717) is 28.8 Å². The molecule has 0 saturated carbocycles. The number of ether oxygens (including phenoxy) is 1. The second-order valence-electron chi connectivity index (χ2n) is 6.84. The first-order chi connectivity index (χ1) is 14.6. The summed E-state index contributed by atoms with van der Waals surface area (Å²) in [6, 6.07) is 11.9. The summed E-state index contributed by atoms with van der Waals surface area (Å²) in [6.07, 6.45) is 4.52. The first kappa shape index (κ1) is 19.4. The number of para-hydroxylation sites is 1. The lowest BCUT2D eigenvalue weighted by molar-refractivity contribution is -0.117. The van der Waals surface area contributed by atoms with Crippen LogP contribution >= 0.6 is 0 Å². The van der Waals surface area contributed by atoms with Crippen molar-refractivity contribution >= 4 is 28.8 Å². The molecule has 0 atom stereocenters. The second-order valence-corrected chi connectivity index (χ2v) is 6.84. The van der Waals surface area contributed by atoms with E-state index < -0.39 is 11.8 Å². The van der Waals surface area contributed by atoms with Gasteiger partial charge in [0.15, 0.2) is 0 Å². The lowest BCUT2D eigenvalue weighted by Crippen LogP contribution is -2.40. The van der Waals surface area contributed by atoms with Gasteiger partial charge in [0.1, 0.15) is 11.6 Å². The van der Waals surface area contributed by atoms with Crippen LogP contribution in [0.4, 0.5) is 0 Å². The molecule has 4 rings (SSSR count). The standard InChI is InChI=1S/C22H20N4O4/c1-30-18-6-3-2-5-14(18)9-11-20(27)24-25-21(28)15-8-10-16-17(13-15)23-19-7-4-12-26(19)22(16)29/h2-3,5-6,8-11,13H,4,7,12H2,1H3,(H,24,27)(H,25,28)/b11-9+. The molecule has 1 aliphatic rings. The van der Waals surface area contributed by atoms with Gasteiger partial charge in [-0.15, -0.1) is 0 Å². The lowest BCUT2D eigenvalue weighted by Gasteiger charge is -2.08. The van der Waals surface area contributed by atoms with Gasteiger partial charge in [0.25, 0.3) is 17.4 Å². The summed E-state index contributed by atoms with van der Waals surface area (Å²) >= 11 is 0. The number of aryl methyl sites for hydroxylation is 1. The van der Waals surface area contributed by atoms with Crippen molar-refractivity contribution < 1.29 is 14.3 Å². The fourth-order valence-electron chi connectivity index (χ4n) is 3.43. The number of hydrazine groups is 1. The van der Waals surface area contributed by atoms with Gasteiger partial charge in [0, 0.05) is 30.2 Å². The number of fused-ring (bicyclic) bond motifs is 2. The van der Waals surface area contributed by atoms with Gasteiger partial charge in [-0.05, 0) is 36.8 Å². The topological polar surface area (TPSA) is 102 Å². The van der Waals surface area contributed by atoms with Crippen LogP contribution in [-0.2, 0) is 17.8 Å². The maximum Gasteiger partial charge on any atom is 0.269 e. The molecule has 0 bridgehead atoms. The molecule has 0 unspecified atom stereocenters. The van der Waals surface area contributed by atoms with E-state index in [4.69, 9.17) is 4.74 Å². The highest BCUT2D eigenvalue weighted by Crippen LogP contribution is 2.18. The number of carbonyl (C=O) groups is 2. The van der Waals surface area contributed by atoms with Gasteiger partial charge < -0.3 is 4.74 Å². The minimum Gasteiger partial charge on any atom is -0.496 e. The zero-order chi connectivity index (χ0) is 21.1. The molecule has 8 heteroatoms. The zero-order valence-electron chi connectivity index (χ0n) is 16.3. The molecule has 0 spiro atoms. The van der Waals surface area contributed by atoms with E-state index in [1.54, 1.807) is 42.0 Å². The number of carbonyl (C=O) groups excluding carboxylic acids is 2. The summed E-state index contributed by atoms with van der Waals surface area (Å²) in [5, 5.41) is 0.473. The van der Waals surface area contributed by atoms with Crippen LogP contribution in [0.2, 0.25) is 0 Å². The molecule has 2 heterocycles. The van der Waals surface area contributed by atoms with E-state index >= 15 is 0 Å². The van der Waals surface area contributed by atoms with Crippen molar-refractivity contribution in [1.29, 1.82) is 0 Å². The van der Waals surface area contributed by atoms with Crippen molar-refractivity contribution in [1.82, 2.24) is 20.4 Å². The number of hydrogen-bond donors (Lipinski definition) is 2.